The molecule has 4 heterocycles. The third-order valence-electron chi connectivity index (χ3n) is 8.57. The molecule has 6 atom stereocenters. The van der Waals surface area contributed by atoms with E-state index in [1.165, 1.54) is 40.6 Å². The van der Waals surface area contributed by atoms with E-state index in [2.05, 4.69) is 9.97 Å². The Hall–Kier alpha value is -3.60. The van der Waals surface area contributed by atoms with Gasteiger partial charge in [0.05, 0.1) is 24.6 Å². The zero-order valence-electron chi connectivity index (χ0n) is 28.6. The molecule has 0 bridgehead atoms. The van der Waals surface area contributed by atoms with Crippen molar-refractivity contribution in [2.45, 2.75) is 76.3 Å². The Labute approximate surface area is 280 Å². The summed E-state index contributed by atoms with van der Waals surface area (Å²) in [6, 6.07) is 7.00. The molecule has 2 aromatic heterocycles. The Balaban J connectivity index is 1.28. The van der Waals surface area contributed by atoms with Gasteiger partial charge in [-0.3, -0.25) is 9.97 Å². The van der Waals surface area contributed by atoms with E-state index < -0.39 is 47.3 Å². The fourth-order valence-corrected chi connectivity index (χ4v) is 4.93. The average Bonchev–Trinajstić information content (AvgIpc) is 3.11. The predicted molar refractivity (Wildman–Crippen MR) is 169 cm³/mol. The van der Waals surface area contributed by atoms with Gasteiger partial charge in [0.2, 0.25) is 23.1 Å². The highest BCUT2D eigenvalue weighted by molar-refractivity contribution is 5.82. The predicted octanol–water partition coefficient (Wildman–Crippen LogP) is 3.62. The quantitative estimate of drug-likeness (QED) is 0.225. The number of carbonyl (C=O) groups is 2. The Kier molecular flexibility index (Phi) is 12.2. The van der Waals surface area contributed by atoms with Crippen LogP contribution < -0.4 is 0 Å². The topological polar surface area (TPSA) is 152 Å². The van der Waals surface area contributed by atoms with Gasteiger partial charge in [0.1, 0.15) is 25.4 Å². The number of hydrogen-bond donors (Lipinski definition) is 0. The van der Waals surface area contributed by atoms with Crippen LogP contribution >= 0.6 is 0 Å². The SMILES string of the molecule is CO[C@]1(C)OC[C@H](/C=C/C(=O)OCc2ccnc(-c3cc(COC(=O)/C=C/[C@H]4CO[C@@](C)(OC)[C@](C)(OC)O4)ccn3)c2)O[C@@]1(C)OC. The van der Waals surface area contributed by atoms with Crippen LogP contribution in [-0.4, -0.2) is 98.9 Å². The van der Waals surface area contributed by atoms with E-state index >= 15 is 0 Å². The average molecular weight is 673 g/mol. The summed E-state index contributed by atoms with van der Waals surface area (Å²) in [6.45, 7) is 7.17. The standard InChI is InChI=1S/C34H44N2O12/c1-31(39-5)33(3,41-7)47-25(21-45-31)9-11-29(37)43-19-23-13-15-35-27(17-23)28-18-24(14-16-36-28)20-44-30(38)12-10-26-22-46-32(2,40-6)34(4,42-8)48-26/h9-18,25-26H,19-22H2,1-8H3/b11-9+,12-10+/t25-,26-,31+,32+,33+,34+/m0/s1. The molecule has 4 rings (SSSR count). The molecular weight excluding hydrogens is 628 g/mol. The number of methoxy groups -OCH3 is 4. The normalized spacial score (nSPS) is 30.8. The van der Waals surface area contributed by atoms with Gasteiger partial charge >= 0.3 is 11.9 Å². The lowest BCUT2D eigenvalue weighted by Gasteiger charge is -2.48. The summed E-state index contributed by atoms with van der Waals surface area (Å²) < 4.78 is 56.2. The maximum absolute atomic E-state index is 12.5. The van der Waals surface area contributed by atoms with Crippen LogP contribution in [0.5, 0.6) is 0 Å². The maximum Gasteiger partial charge on any atom is 0.330 e. The minimum Gasteiger partial charge on any atom is -0.458 e. The van der Waals surface area contributed by atoms with Crippen molar-refractivity contribution in [2.75, 3.05) is 41.7 Å². The minimum absolute atomic E-state index is 0.00583. The first-order chi connectivity index (χ1) is 22.8. The molecule has 0 aromatic carbocycles. The van der Waals surface area contributed by atoms with E-state index in [-0.39, 0.29) is 26.4 Å². The first-order valence-corrected chi connectivity index (χ1v) is 15.3. The molecule has 2 aromatic rings. The number of nitrogens with zero attached hydrogens (tertiary/aromatic N) is 2. The zero-order chi connectivity index (χ0) is 35.0. The van der Waals surface area contributed by atoms with Crippen LogP contribution in [0.4, 0.5) is 0 Å². The minimum atomic E-state index is -1.18. The first kappa shape index (κ1) is 37.2. The second-order valence-electron chi connectivity index (χ2n) is 11.6. The molecule has 0 radical (unpaired) electrons. The zero-order valence-corrected chi connectivity index (χ0v) is 28.6. The molecule has 262 valence electrons. The Morgan fingerprint density at radius 3 is 1.42 bits per heavy atom. The molecule has 2 fully saturated rings. The van der Waals surface area contributed by atoms with Gasteiger partial charge in [0, 0.05) is 53.0 Å². The number of pyridine rings is 2. The van der Waals surface area contributed by atoms with Crippen LogP contribution in [0.3, 0.4) is 0 Å². The molecule has 0 unspecified atom stereocenters. The van der Waals surface area contributed by atoms with Crippen molar-refractivity contribution in [3.05, 3.63) is 72.1 Å². The molecule has 2 saturated heterocycles. The highest BCUT2D eigenvalue weighted by Gasteiger charge is 2.54. The van der Waals surface area contributed by atoms with Gasteiger partial charge < -0.3 is 47.4 Å². The number of rotatable bonds is 13. The van der Waals surface area contributed by atoms with Crippen molar-refractivity contribution < 1.29 is 57.0 Å². The van der Waals surface area contributed by atoms with E-state index in [9.17, 15) is 9.59 Å². The lowest BCUT2D eigenvalue weighted by molar-refractivity contribution is -0.425. The molecule has 0 saturated carbocycles. The second kappa shape index (κ2) is 15.7. The number of hydrogen-bond acceptors (Lipinski definition) is 14. The molecule has 14 heteroatoms. The lowest BCUT2D eigenvalue weighted by Crippen LogP contribution is -2.62. The van der Waals surface area contributed by atoms with Gasteiger partial charge in [-0.05, 0) is 75.2 Å². The summed E-state index contributed by atoms with van der Waals surface area (Å²) in [4.78, 5) is 33.7. The molecule has 2 aliphatic rings. The monoisotopic (exact) mass is 672 g/mol. The van der Waals surface area contributed by atoms with E-state index in [1.807, 2.05) is 0 Å². The smallest absolute Gasteiger partial charge is 0.330 e. The summed E-state index contributed by atoms with van der Waals surface area (Å²) in [5, 5.41) is 0. The summed E-state index contributed by atoms with van der Waals surface area (Å²) in [5.74, 6) is -5.70. The van der Waals surface area contributed by atoms with Crippen molar-refractivity contribution in [3.8, 4) is 11.4 Å². The first-order valence-electron chi connectivity index (χ1n) is 15.3. The van der Waals surface area contributed by atoms with E-state index in [0.29, 0.717) is 22.5 Å². The second-order valence-corrected chi connectivity index (χ2v) is 11.6. The summed E-state index contributed by atoms with van der Waals surface area (Å²) in [5.41, 5.74) is 2.52. The molecule has 0 aliphatic carbocycles. The number of carbonyl (C=O) groups excluding carboxylic acids is 2. The third kappa shape index (κ3) is 8.51. The van der Waals surface area contributed by atoms with E-state index in [0.717, 1.165) is 0 Å². The number of aromatic nitrogens is 2. The third-order valence-corrected chi connectivity index (χ3v) is 8.57. The molecule has 0 N–H and O–H groups in total. The fourth-order valence-electron chi connectivity index (χ4n) is 4.93. The Bertz CT molecular complexity index is 1380. The number of ether oxygens (including phenoxy) is 10. The maximum atomic E-state index is 12.5. The van der Waals surface area contributed by atoms with Crippen molar-refractivity contribution in [3.63, 3.8) is 0 Å². The molecule has 2 aliphatic heterocycles. The van der Waals surface area contributed by atoms with Crippen LogP contribution in [0.25, 0.3) is 11.4 Å². The van der Waals surface area contributed by atoms with Crippen LogP contribution in [0.1, 0.15) is 38.8 Å². The summed E-state index contributed by atoms with van der Waals surface area (Å²) in [6.07, 6.45) is 7.77. The van der Waals surface area contributed by atoms with Gasteiger partial charge in [0.15, 0.2) is 0 Å². The van der Waals surface area contributed by atoms with Crippen LogP contribution in [0.2, 0.25) is 0 Å². The van der Waals surface area contributed by atoms with Gasteiger partial charge in [0.25, 0.3) is 0 Å². The highest BCUT2D eigenvalue weighted by atomic mass is 16.8. The summed E-state index contributed by atoms with van der Waals surface area (Å²) in [7, 11) is 5.99. The van der Waals surface area contributed by atoms with Crippen LogP contribution in [0.15, 0.2) is 61.0 Å². The van der Waals surface area contributed by atoms with Crippen LogP contribution in [0, 0.1) is 0 Å². The van der Waals surface area contributed by atoms with E-state index in [1.54, 1.807) is 76.5 Å². The highest BCUT2D eigenvalue weighted by Crippen LogP contribution is 2.37. The van der Waals surface area contributed by atoms with Crippen molar-refractivity contribution in [1.82, 2.24) is 9.97 Å². The van der Waals surface area contributed by atoms with Gasteiger partial charge in [-0.25, -0.2) is 9.59 Å². The Morgan fingerprint density at radius 2 is 1.06 bits per heavy atom. The van der Waals surface area contributed by atoms with Crippen molar-refractivity contribution >= 4 is 11.9 Å². The largest absolute Gasteiger partial charge is 0.458 e. The number of esters is 2. The van der Waals surface area contributed by atoms with Gasteiger partial charge in [-0.2, -0.15) is 0 Å². The van der Waals surface area contributed by atoms with Gasteiger partial charge in [-0.15, -0.1) is 0 Å². The molecule has 14 nitrogen and oxygen atoms in total. The fraction of sp³-hybridized carbons (Fsp3) is 0.529. The van der Waals surface area contributed by atoms with Crippen LogP contribution in [-0.2, 0) is 70.2 Å². The molecule has 48 heavy (non-hydrogen) atoms. The molecular formula is C34H44N2O12. The Morgan fingerprint density at radius 1 is 0.688 bits per heavy atom. The van der Waals surface area contributed by atoms with Crippen molar-refractivity contribution in [1.29, 1.82) is 0 Å². The lowest BCUT2D eigenvalue weighted by atomic mass is 10.1. The van der Waals surface area contributed by atoms with E-state index in [4.69, 9.17) is 47.4 Å². The van der Waals surface area contributed by atoms with Crippen molar-refractivity contribution in [2.24, 2.45) is 0 Å². The molecule has 0 amide bonds. The van der Waals surface area contributed by atoms with Gasteiger partial charge in [-0.1, -0.05) is 0 Å². The molecule has 0 spiro atoms. The summed E-state index contributed by atoms with van der Waals surface area (Å²) >= 11 is 0.